The molecule has 0 aliphatic carbocycles. The van der Waals surface area contributed by atoms with Gasteiger partial charge >= 0.3 is 0 Å². The molecule has 26 heavy (non-hydrogen) atoms. The molecule has 0 unspecified atom stereocenters. The fourth-order valence-corrected chi connectivity index (χ4v) is 4.08. The van der Waals surface area contributed by atoms with Crippen LogP contribution in [0, 0.1) is 0 Å². The van der Waals surface area contributed by atoms with Crippen molar-refractivity contribution < 1.29 is 4.57 Å². The predicted molar refractivity (Wildman–Crippen MR) is 113 cm³/mol. The maximum Gasteiger partial charge on any atom is 0.268 e. The Kier molecular flexibility index (Phi) is 4.55. The van der Waals surface area contributed by atoms with E-state index in [1.807, 2.05) is 11.3 Å². The minimum Gasteiger partial charge on any atom is -0.378 e. The van der Waals surface area contributed by atoms with Gasteiger partial charge in [-0.15, -0.1) is 4.57 Å². The average molecular weight is 358 g/mol. The maximum atomic E-state index is 2.32. The molecule has 0 spiro atoms. The summed E-state index contributed by atoms with van der Waals surface area (Å²) < 4.78 is 3.61. The van der Waals surface area contributed by atoms with E-state index in [1.165, 1.54) is 32.2 Å². The molecule has 3 aromatic carbocycles. The van der Waals surface area contributed by atoms with Crippen LogP contribution in [0.1, 0.15) is 10.6 Å². The monoisotopic (exact) mass is 357 g/mol. The van der Waals surface area contributed by atoms with Gasteiger partial charge in [0.2, 0.25) is 11.2 Å². The largest absolute Gasteiger partial charge is 0.378 e. The van der Waals surface area contributed by atoms with Gasteiger partial charge in [0, 0.05) is 44.1 Å². The Morgan fingerprint density at radius 2 is 1.46 bits per heavy atom. The number of nitrogens with zero attached hydrogens (tertiary/aromatic N) is 2. The summed E-state index contributed by atoms with van der Waals surface area (Å²) in [4.78, 5) is 2.11. The fraction of sp³-hybridized carbons (Fsp3) is 0.0870. The Balaban J connectivity index is 1.76. The molecule has 0 radical (unpaired) electrons. The van der Waals surface area contributed by atoms with Crippen molar-refractivity contribution in [2.24, 2.45) is 0 Å². The Labute approximate surface area is 158 Å². The lowest BCUT2D eigenvalue weighted by molar-refractivity contribution is -0.564. The van der Waals surface area contributed by atoms with Gasteiger partial charge in [-0.2, -0.15) is 0 Å². The number of hydrogen-bond donors (Lipinski definition) is 0. The number of rotatable bonds is 4. The maximum absolute atomic E-state index is 2.32. The molecule has 4 aromatic rings. The molecule has 0 atom stereocenters. The number of fused-ring (bicyclic) bond motifs is 1. The molecule has 128 valence electrons. The Morgan fingerprint density at radius 3 is 2.19 bits per heavy atom. The third kappa shape index (κ3) is 3.26. The number of thiazole rings is 1. The van der Waals surface area contributed by atoms with Gasteiger partial charge in [0.05, 0.1) is 0 Å². The van der Waals surface area contributed by atoms with Crippen LogP contribution in [0.25, 0.3) is 28.1 Å². The summed E-state index contributed by atoms with van der Waals surface area (Å²) in [6, 6.07) is 27.7. The lowest BCUT2D eigenvalue weighted by atomic mass is 10.2. The minimum absolute atomic E-state index is 1.19. The van der Waals surface area contributed by atoms with Crippen LogP contribution in [-0.4, -0.2) is 14.1 Å². The summed E-state index contributed by atoms with van der Waals surface area (Å²) in [5.74, 6) is 0. The van der Waals surface area contributed by atoms with Crippen LogP contribution in [0.5, 0.6) is 0 Å². The standard InChI is InChI=1S/C23H21N2S/c1-24(2)19-15-12-18(13-16-19)14-17-23-25(20-8-4-3-5-9-20)21-10-6-7-11-22(21)26-23/h3-17H,1-2H3/q+1. The van der Waals surface area contributed by atoms with Gasteiger partial charge in [0.15, 0.2) is 0 Å². The van der Waals surface area contributed by atoms with E-state index in [1.54, 1.807) is 0 Å². The molecule has 0 bridgehead atoms. The van der Waals surface area contributed by atoms with Crippen molar-refractivity contribution in [1.29, 1.82) is 0 Å². The SMILES string of the molecule is CN(C)c1ccc(C=Cc2sc3ccccc3[n+]2-c2ccccc2)cc1. The van der Waals surface area contributed by atoms with Crippen LogP contribution < -0.4 is 9.47 Å². The molecular weight excluding hydrogens is 336 g/mol. The second-order valence-electron chi connectivity index (χ2n) is 6.40. The quantitative estimate of drug-likeness (QED) is 0.443. The number of benzene rings is 3. The normalized spacial score (nSPS) is 11.3. The van der Waals surface area contributed by atoms with E-state index in [0.717, 1.165) is 0 Å². The smallest absolute Gasteiger partial charge is 0.268 e. The topological polar surface area (TPSA) is 7.12 Å². The van der Waals surface area contributed by atoms with Gasteiger partial charge in [0.1, 0.15) is 4.70 Å². The van der Waals surface area contributed by atoms with Gasteiger partial charge in [-0.25, -0.2) is 0 Å². The molecule has 0 aliphatic heterocycles. The molecule has 1 aromatic heterocycles. The van der Waals surface area contributed by atoms with E-state index >= 15 is 0 Å². The molecule has 3 heteroatoms. The molecule has 0 saturated carbocycles. The van der Waals surface area contributed by atoms with E-state index in [-0.39, 0.29) is 0 Å². The van der Waals surface area contributed by atoms with Crippen LogP contribution in [0.3, 0.4) is 0 Å². The van der Waals surface area contributed by atoms with Crippen molar-refractivity contribution >= 4 is 39.4 Å². The molecule has 1 heterocycles. The van der Waals surface area contributed by atoms with Crippen LogP contribution in [0.15, 0.2) is 78.9 Å². The van der Waals surface area contributed by atoms with Gasteiger partial charge in [-0.05, 0) is 29.8 Å². The highest BCUT2D eigenvalue weighted by Gasteiger charge is 2.20. The van der Waals surface area contributed by atoms with Crippen LogP contribution in [0.2, 0.25) is 0 Å². The van der Waals surface area contributed by atoms with E-state index < -0.39 is 0 Å². The lowest BCUT2D eigenvalue weighted by Crippen LogP contribution is -2.31. The molecule has 4 rings (SSSR count). The fourth-order valence-electron chi connectivity index (χ4n) is 3.01. The summed E-state index contributed by atoms with van der Waals surface area (Å²) in [7, 11) is 4.12. The Morgan fingerprint density at radius 1 is 0.769 bits per heavy atom. The first kappa shape index (κ1) is 16.6. The second kappa shape index (κ2) is 7.14. The summed E-state index contributed by atoms with van der Waals surface area (Å²) >= 11 is 1.81. The number of para-hydroxylation sites is 2. The average Bonchev–Trinajstić information content (AvgIpc) is 3.05. The van der Waals surface area contributed by atoms with Crippen molar-refractivity contribution in [3.8, 4) is 5.69 Å². The number of anilines is 1. The zero-order chi connectivity index (χ0) is 17.9. The highest BCUT2D eigenvalue weighted by atomic mass is 32.1. The Bertz CT molecular complexity index is 1040. The lowest BCUT2D eigenvalue weighted by Gasteiger charge is -2.11. The molecule has 2 nitrogen and oxygen atoms in total. The third-order valence-electron chi connectivity index (χ3n) is 4.38. The van der Waals surface area contributed by atoms with Crippen LogP contribution in [-0.2, 0) is 0 Å². The zero-order valence-electron chi connectivity index (χ0n) is 15.0. The molecule has 0 fully saturated rings. The third-order valence-corrected chi connectivity index (χ3v) is 5.48. The summed E-state index contributed by atoms with van der Waals surface area (Å²) in [6.45, 7) is 0. The highest BCUT2D eigenvalue weighted by molar-refractivity contribution is 7.18. The van der Waals surface area contributed by atoms with Gasteiger partial charge in [-0.1, -0.05) is 53.8 Å². The molecule has 0 N–H and O–H groups in total. The highest BCUT2D eigenvalue weighted by Crippen LogP contribution is 2.24. The molecule has 0 saturated heterocycles. The number of aromatic nitrogens is 1. The van der Waals surface area contributed by atoms with Crippen molar-refractivity contribution in [2.45, 2.75) is 0 Å². The van der Waals surface area contributed by atoms with Crippen molar-refractivity contribution in [2.75, 3.05) is 19.0 Å². The molecule has 0 amide bonds. The zero-order valence-corrected chi connectivity index (χ0v) is 15.8. The van der Waals surface area contributed by atoms with E-state index in [4.69, 9.17) is 0 Å². The van der Waals surface area contributed by atoms with Gasteiger partial charge in [-0.3, -0.25) is 0 Å². The number of hydrogen-bond acceptors (Lipinski definition) is 2. The second-order valence-corrected chi connectivity index (χ2v) is 7.46. The summed E-state index contributed by atoms with van der Waals surface area (Å²) in [5, 5.41) is 1.22. The van der Waals surface area contributed by atoms with Crippen LogP contribution >= 0.6 is 11.3 Å². The first-order valence-electron chi connectivity index (χ1n) is 8.67. The first-order valence-corrected chi connectivity index (χ1v) is 9.48. The van der Waals surface area contributed by atoms with Crippen molar-refractivity contribution in [3.63, 3.8) is 0 Å². The van der Waals surface area contributed by atoms with E-state index in [9.17, 15) is 0 Å². The van der Waals surface area contributed by atoms with E-state index in [2.05, 4.69) is 115 Å². The molecular formula is C23H21N2S+. The first-order chi connectivity index (χ1) is 12.7. The van der Waals surface area contributed by atoms with Crippen LogP contribution in [0.4, 0.5) is 5.69 Å². The van der Waals surface area contributed by atoms with Crippen molar-refractivity contribution in [3.05, 3.63) is 89.4 Å². The van der Waals surface area contributed by atoms with Gasteiger partial charge in [0.25, 0.3) is 5.01 Å². The predicted octanol–water partition coefficient (Wildman–Crippen LogP) is 5.41. The molecule has 0 aliphatic rings. The van der Waals surface area contributed by atoms with Crippen molar-refractivity contribution in [1.82, 2.24) is 0 Å². The van der Waals surface area contributed by atoms with Gasteiger partial charge < -0.3 is 4.90 Å². The van der Waals surface area contributed by atoms with E-state index in [0.29, 0.717) is 0 Å². The minimum atomic E-state index is 1.19. The Hall–Kier alpha value is -2.91. The summed E-state index contributed by atoms with van der Waals surface area (Å²) in [6.07, 6.45) is 4.39. The summed E-state index contributed by atoms with van der Waals surface area (Å²) in [5.41, 5.74) is 4.84.